The van der Waals surface area contributed by atoms with Gasteiger partial charge in [-0.15, -0.1) is 0 Å². The Kier molecular flexibility index (Phi) is 2.66. The Labute approximate surface area is 67.9 Å². The first-order valence-corrected chi connectivity index (χ1v) is 4.32. The molecule has 2 heteroatoms. The maximum absolute atomic E-state index is 10.8. The molecule has 0 aromatic carbocycles. The van der Waals surface area contributed by atoms with E-state index < -0.39 is 0 Å². The molecule has 0 amide bonds. The van der Waals surface area contributed by atoms with Gasteiger partial charge in [0.1, 0.15) is 5.78 Å². The third-order valence-electron chi connectivity index (χ3n) is 2.29. The molecule has 0 unspecified atom stereocenters. The molecule has 0 radical (unpaired) electrons. The molecule has 0 aromatic rings. The van der Waals surface area contributed by atoms with Crippen LogP contribution < -0.4 is 0 Å². The monoisotopic (exact) mass is 156 g/mol. The Balaban J connectivity index is 2.39. The number of carbonyl (C=O) groups is 1. The third kappa shape index (κ3) is 2.03. The lowest BCUT2D eigenvalue weighted by Gasteiger charge is -2.40. The molecule has 1 fully saturated rings. The molecule has 0 aliphatic heterocycles. The Hall–Kier alpha value is -0.370. The van der Waals surface area contributed by atoms with Crippen LogP contribution in [0.5, 0.6) is 0 Å². The lowest BCUT2D eigenvalue weighted by molar-refractivity contribution is -0.134. The van der Waals surface area contributed by atoms with Crippen LogP contribution in [-0.4, -0.2) is 18.0 Å². The fraction of sp³-hybridized carbons (Fsp3) is 0.889. The fourth-order valence-corrected chi connectivity index (χ4v) is 1.70. The summed E-state index contributed by atoms with van der Waals surface area (Å²) in [5.41, 5.74) is -0.0550. The summed E-state index contributed by atoms with van der Waals surface area (Å²) in [7, 11) is 0. The van der Waals surface area contributed by atoms with Crippen LogP contribution in [0.4, 0.5) is 0 Å². The first kappa shape index (κ1) is 8.72. The van der Waals surface area contributed by atoms with Gasteiger partial charge >= 0.3 is 0 Å². The van der Waals surface area contributed by atoms with Crippen molar-refractivity contribution >= 4 is 5.78 Å². The predicted octanol–water partition coefficient (Wildman–Crippen LogP) is 1.92. The number of hydrogen-bond donors (Lipinski definition) is 0. The van der Waals surface area contributed by atoms with Crippen molar-refractivity contribution in [3.05, 3.63) is 0 Å². The molecule has 0 bridgehead atoms. The molecule has 1 saturated carbocycles. The molecule has 1 aliphatic rings. The van der Waals surface area contributed by atoms with Gasteiger partial charge in [-0.25, -0.2) is 0 Å². The van der Waals surface area contributed by atoms with Gasteiger partial charge in [0, 0.05) is 13.0 Å². The normalized spacial score (nSPS) is 20.9. The Morgan fingerprint density at radius 2 is 2.18 bits per heavy atom. The van der Waals surface area contributed by atoms with Crippen molar-refractivity contribution in [2.45, 2.75) is 45.1 Å². The fourth-order valence-electron chi connectivity index (χ4n) is 1.70. The van der Waals surface area contributed by atoms with Crippen molar-refractivity contribution in [1.82, 2.24) is 0 Å². The molecular weight excluding hydrogens is 140 g/mol. The lowest BCUT2D eigenvalue weighted by Crippen LogP contribution is -2.41. The van der Waals surface area contributed by atoms with Gasteiger partial charge in [0.15, 0.2) is 0 Å². The van der Waals surface area contributed by atoms with Crippen LogP contribution in [0, 0.1) is 0 Å². The zero-order valence-corrected chi connectivity index (χ0v) is 7.35. The van der Waals surface area contributed by atoms with E-state index in [0.29, 0.717) is 6.42 Å². The van der Waals surface area contributed by atoms with Crippen LogP contribution in [0.1, 0.15) is 39.5 Å². The minimum Gasteiger partial charge on any atom is -0.375 e. The molecule has 0 spiro atoms. The highest BCUT2D eigenvalue weighted by atomic mass is 16.5. The second-order valence-corrected chi connectivity index (χ2v) is 3.35. The topological polar surface area (TPSA) is 26.3 Å². The molecule has 2 nitrogen and oxygen atoms in total. The molecule has 64 valence electrons. The summed E-state index contributed by atoms with van der Waals surface area (Å²) < 4.78 is 5.56. The predicted molar refractivity (Wildman–Crippen MR) is 43.5 cm³/mol. The molecular formula is C9H16O2. The molecule has 0 N–H and O–H groups in total. The number of carbonyl (C=O) groups excluding carboxylic acids is 1. The summed E-state index contributed by atoms with van der Waals surface area (Å²) in [5.74, 6) is 0.248. The molecule has 0 aromatic heterocycles. The number of Topliss-reactive ketones (excluding diaryl/α,β-unsaturated/α-hetero) is 1. The highest BCUT2D eigenvalue weighted by Crippen LogP contribution is 2.38. The summed E-state index contributed by atoms with van der Waals surface area (Å²) in [4.78, 5) is 10.8. The van der Waals surface area contributed by atoms with E-state index in [1.807, 2.05) is 6.92 Å². The van der Waals surface area contributed by atoms with E-state index in [4.69, 9.17) is 4.74 Å². The highest BCUT2D eigenvalue weighted by molar-refractivity contribution is 5.76. The van der Waals surface area contributed by atoms with E-state index in [1.165, 1.54) is 6.42 Å². The maximum atomic E-state index is 10.8. The Morgan fingerprint density at radius 1 is 1.55 bits per heavy atom. The number of rotatable bonds is 4. The van der Waals surface area contributed by atoms with E-state index in [-0.39, 0.29) is 11.4 Å². The molecule has 1 rings (SSSR count). The van der Waals surface area contributed by atoms with Gasteiger partial charge in [0.05, 0.1) is 5.60 Å². The summed E-state index contributed by atoms with van der Waals surface area (Å²) >= 11 is 0. The van der Waals surface area contributed by atoms with Gasteiger partial charge in [-0.05, 0) is 33.1 Å². The van der Waals surface area contributed by atoms with Gasteiger partial charge in [-0.1, -0.05) is 0 Å². The largest absolute Gasteiger partial charge is 0.375 e. The van der Waals surface area contributed by atoms with E-state index in [1.54, 1.807) is 6.92 Å². The van der Waals surface area contributed by atoms with Crippen LogP contribution >= 0.6 is 0 Å². The molecule has 0 atom stereocenters. The summed E-state index contributed by atoms with van der Waals surface area (Å²) in [6, 6.07) is 0. The quantitative estimate of drug-likeness (QED) is 0.621. The van der Waals surface area contributed by atoms with Crippen LogP contribution in [-0.2, 0) is 9.53 Å². The first-order valence-electron chi connectivity index (χ1n) is 4.32. The lowest BCUT2D eigenvalue weighted by atomic mass is 9.76. The Bertz CT molecular complexity index is 148. The second kappa shape index (κ2) is 3.35. The number of hydrogen-bond acceptors (Lipinski definition) is 2. The SMILES string of the molecule is CCOC1(CC(C)=O)CCC1. The molecule has 1 aliphatic carbocycles. The van der Waals surface area contributed by atoms with Gasteiger partial charge in [-0.2, -0.15) is 0 Å². The van der Waals surface area contributed by atoms with E-state index in [9.17, 15) is 4.79 Å². The number of ether oxygens (including phenoxy) is 1. The summed E-state index contributed by atoms with van der Waals surface area (Å²) in [6.07, 6.45) is 3.97. The zero-order valence-electron chi connectivity index (χ0n) is 7.35. The van der Waals surface area contributed by atoms with Crippen LogP contribution in [0.25, 0.3) is 0 Å². The maximum Gasteiger partial charge on any atom is 0.132 e. The second-order valence-electron chi connectivity index (χ2n) is 3.35. The minimum atomic E-state index is -0.0550. The molecule has 11 heavy (non-hydrogen) atoms. The van der Waals surface area contributed by atoms with Crippen LogP contribution in [0.2, 0.25) is 0 Å². The van der Waals surface area contributed by atoms with E-state index in [0.717, 1.165) is 19.4 Å². The summed E-state index contributed by atoms with van der Waals surface area (Å²) in [6.45, 7) is 4.35. The summed E-state index contributed by atoms with van der Waals surface area (Å²) in [5, 5.41) is 0. The van der Waals surface area contributed by atoms with Crippen molar-refractivity contribution in [3.8, 4) is 0 Å². The average Bonchev–Trinajstić information content (AvgIpc) is 1.82. The van der Waals surface area contributed by atoms with E-state index >= 15 is 0 Å². The zero-order chi connectivity index (χ0) is 8.32. The van der Waals surface area contributed by atoms with Gasteiger partial charge < -0.3 is 4.74 Å². The molecule has 0 saturated heterocycles. The highest BCUT2D eigenvalue weighted by Gasteiger charge is 2.38. The minimum absolute atomic E-state index is 0.0550. The standard InChI is InChI=1S/C9H16O2/c1-3-11-9(5-4-6-9)7-8(2)10/h3-7H2,1-2H3. The van der Waals surface area contributed by atoms with Crippen LogP contribution in [0.3, 0.4) is 0 Å². The smallest absolute Gasteiger partial charge is 0.132 e. The van der Waals surface area contributed by atoms with E-state index in [2.05, 4.69) is 0 Å². The van der Waals surface area contributed by atoms with Gasteiger partial charge in [0.25, 0.3) is 0 Å². The van der Waals surface area contributed by atoms with Crippen molar-refractivity contribution in [2.75, 3.05) is 6.61 Å². The van der Waals surface area contributed by atoms with Crippen molar-refractivity contribution in [1.29, 1.82) is 0 Å². The van der Waals surface area contributed by atoms with Gasteiger partial charge in [0.2, 0.25) is 0 Å². The third-order valence-corrected chi connectivity index (χ3v) is 2.29. The van der Waals surface area contributed by atoms with Crippen molar-refractivity contribution < 1.29 is 9.53 Å². The number of ketones is 1. The Morgan fingerprint density at radius 3 is 2.45 bits per heavy atom. The molecule has 0 heterocycles. The average molecular weight is 156 g/mol. The van der Waals surface area contributed by atoms with Crippen molar-refractivity contribution in [3.63, 3.8) is 0 Å². The first-order chi connectivity index (χ1) is 5.18. The van der Waals surface area contributed by atoms with Crippen LogP contribution in [0.15, 0.2) is 0 Å². The van der Waals surface area contributed by atoms with Crippen molar-refractivity contribution in [2.24, 2.45) is 0 Å². The van der Waals surface area contributed by atoms with Gasteiger partial charge in [-0.3, -0.25) is 4.79 Å².